The lowest BCUT2D eigenvalue weighted by molar-refractivity contribution is 0.122. The summed E-state index contributed by atoms with van der Waals surface area (Å²) in [6, 6.07) is 12.5. The first kappa shape index (κ1) is 20.0. The van der Waals surface area contributed by atoms with Gasteiger partial charge in [0.1, 0.15) is 5.82 Å². The van der Waals surface area contributed by atoms with E-state index in [1.54, 1.807) is 0 Å². The largest absolute Gasteiger partial charge is 0.378 e. The van der Waals surface area contributed by atoms with Crippen molar-refractivity contribution in [1.82, 2.24) is 9.97 Å². The van der Waals surface area contributed by atoms with E-state index in [2.05, 4.69) is 25.5 Å². The average molecular weight is 428 g/mol. The maximum absolute atomic E-state index is 12.4. The van der Waals surface area contributed by atoms with Gasteiger partial charge < -0.3 is 15.0 Å². The number of morpholine rings is 1. The van der Waals surface area contributed by atoms with Crippen molar-refractivity contribution in [3.63, 3.8) is 0 Å². The number of hydrogen-bond acceptors (Lipinski definition) is 7. The van der Waals surface area contributed by atoms with Crippen molar-refractivity contribution >= 4 is 44.4 Å². The number of amides is 2. The maximum atomic E-state index is 12.4. The number of nitrogens with one attached hydrogen (secondary N) is 2. The van der Waals surface area contributed by atoms with Crippen LogP contribution < -0.4 is 20.7 Å². The minimum Gasteiger partial charge on any atom is -0.378 e. The molecule has 0 radical (unpaired) electrons. The Labute approximate surface area is 173 Å². The third kappa shape index (κ3) is 4.48. The van der Waals surface area contributed by atoms with E-state index < -0.39 is 16.1 Å². The number of sulfonamides is 1. The van der Waals surface area contributed by atoms with Crippen molar-refractivity contribution < 1.29 is 17.9 Å². The van der Waals surface area contributed by atoms with Gasteiger partial charge in [-0.15, -0.1) is 0 Å². The minimum atomic E-state index is -3.79. The molecule has 0 spiro atoms. The predicted molar refractivity (Wildman–Crippen MR) is 113 cm³/mol. The number of fused-ring (bicyclic) bond motifs is 1. The molecule has 4 rings (SSSR count). The Morgan fingerprint density at radius 3 is 2.40 bits per heavy atom. The molecule has 0 saturated carbocycles. The topological polar surface area (TPSA) is 140 Å². The quantitative estimate of drug-likeness (QED) is 0.575. The van der Waals surface area contributed by atoms with Gasteiger partial charge in [0.15, 0.2) is 0 Å². The maximum Gasteiger partial charge on any atom is 0.326 e. The number of carbonyl (C=O) groups is 1. The van der Waals surface area contributed by atoms with Gasteiger partial charge in [-0.25, -0.2) is 23.3 Å². The number of para-hydroxylation sites is 1. The number of benzene rings is 2. The zero-order valence-electron chi connectivity index (χ0n) is 15.9. The third-order valence-electron chi connectivity index (χ3n) is 4.56. The second kappa shape index (κ2) is 8.22. The van der Waals surface area contributed by atoms with E-state index in [9.17, 15) is 13.2 Å². The van der Waals surface area contributed by atoms with Crippen molar-refractivity contribution in [1.29, 1.82) is 0 Å². The van der Waals surface area contributed by atoms with Crippen molar-refractivity contribution in [3.8, 4) is 0 Å². The number of aromatic nitrogens is 2. The SMILES string of the molecule is NS(=O)(=O)c1ccc(NC(=O)Nc2nc(N3CCOCC3)c3ccccc3n2)cc1. The normalized spacial score (nSPS) is 14.5. The summed E-state index contributed by atoms with van der Waals surface area (Å²) in [6.45, 7) is 2.61. The van der Waals surface area contributed by atoms with Crippen LogP contribution in [-0.4, -0.2) is 50.7 Å². The Balaban J connectivity index is 1.55. The molecule has 4 N–H and O–H groups in total. The van der Waals surface area contributed by atoms with Gasteiger partial charge in [-0.1, -0.05) is 12.1 Å². The van der Waals surface area contributed by atoms with Crippen molar-refractivity contribution in [2.24, 2.45) is 5.14 Å². The predicted octanol–water partition coefficient (Wildman–Crippen LogP) is 1.76. The molecule has 30 heavy (non-hydrogen) atoms. The third-order valence-corrected chi connectivity index (χ3v) is 5.49. The summed E-state index contributed by atoms with van der Waals surface area (Å²) in [5.74, 6) is 0.894. The van der Waals surface area contributed by atoms with Crippen LogP contribution >= 0.6 is 0 Å². The molecule has 10 nitrogen and oxygen atoms in total. The molecule has 2 amide bonds. The number of nitrogens with two attached hydrogens (primary N) is 1. The summed E-state index contributed by atoms with van der Waals surface area (Å²) < 4.78 is 28.1. The zero-order valence-corrected chi connectivity index (χ0v) is 16.7. The lowest BCUT2D eigenvalue weighted by atomic mass is 10.2. The highest BCUT2D eigenvalue weighted by atomic mass is 32.2. The fourth-order valence-electron chi connectivity index (χ4n) is 3.12. The van der Waals surface area contributed by atoms with Gasteiger partial charge in [-0.05, 0) is 36.4 Å². The van der Waals surface area contributed by atoms with Crippen LogP contribution in [0.5, 0.6) is 0 Å². The number of urea groups is 1. The highest BCUT2D eigenvalue weighted by Gasteiger charge is 2.18. The summed E-state index contributed by atoms with van der Waals surface area (Å²) in [7, 11) is -3.79. The molecule has 2 heterocycles. The Hall–Kier alpha value is -3.28. The molecular weight excluding hydrogens is 408 g/mol. The second-order valence-corrected chi connectivity index (χ2v) is 8.20. The molecule has 0 bridgehead atoms. The van der Waals surface area contributed by atoms with Crippen LogP contribution in [0.3, 0.4) is 0 Å². The number of hydrogen-bond donors (Lipinski definition) is 3. The summed E-state index contributed by atoms with van der Waals surface area (Å²) >= 11 is 0. The molecule has 2 aromatic carbocycles. The van der Waals surface area contributed by atoms with Crippen LogP contribution in [0.25, 0.3) is 10.9 Å². The monoisotopic (exact) mass is 428 g/mol. The van der Waals surface area contributed by atoms with Gasteiger partial charge in [0.05, 0.1) is 23.6 Å². The van der Waals surface area contributed by atoms with E-state index >= 15 is 0 Å². The van der Waals surface area contributed by atoms with Gasteiger partial charge in [-0.2, -0.15) is 4.98 Å². The molecule has 0 atom stereocenters. The summed E-state index contributed by atoms with van der Waals surface area (Å²) in [4.78, 5) is 23.4. The first-order valence-electron chi connectivity index (χ1n) is 9.20. The molecule has 0 aliphatic carbocycles. The van der Waals surface area contributed by atoms with E-state index in [1.807, 2.05) is 24.3 Å². The first-order valence-corrected chi connectivity index (χ1v) is 10.8. The van der Waals surface area contributed by atoms with Crippen LogP contribution in [0.4, 0.5) is 22.2 Å². The van der Waals surface area contributed by atoms with Crippen molar-refractivity contribution in [2.75, 3.05) is 41.8 Å². The molecule has 0 unspecified atom stereocenters. The Bertz CT molecular complexity index is 1180. The van der Waals surface area contributed by atoms with Crippen molar-refractivity contribution in [3.05, 3.63) is 48.5 Å². The summed E-state index contributed by atoms with van der Waals surface area (Å²) in [6.07, 6.45) is 0. The van der Waals surface area contributed by atoms with Crippen LogP contribution in [-0.2, 0) is 14.8 Å². The highest BCUT2D eigenvalue weighted by Crippen LogP contribution is 2.26. The van der Waals surface area contributed by atoms with E-state index in [0.717, 1.165) is 11.2 Å². The number of nitrogens with zero attached hydrogens (tertiary/aromatic N) is 3. The van der Waals surface area contributed by atoms with E-state index in [0.29, 0.717) is 37.5 Å². The molecular formula is C19H20N6O4S. The first-order chi connectivity index (χ1) is 14.4. The molecule has 11 heteroatoms. The molecule has 156 valence electrons. The van der Waals surface area contributed by atoms with Crippen molar-refractivity contribution in [2.45, 2.75) is 4.90 Å². The zero-order chi connectivity index (χ0) is 21.1. The number of ether oxygens (including phenoxy) is 1. The number of anilines is 3. The Morgan fingerprint density at radius 2 is 1.70 bits per heavy atom. The van der Waals surface area contributed by atoms with Gasteiger partial charge in [-0.3, -0.25) is 5.32 Å². The lowest BCUT2D eigenvalue weighted by Crippen LogP contribution is -2.37. The smallest absolute Gasteiger partial charge is 0.326 e. The standard InChI is InChI=1S/C19H20N6O4S/c20-30(27,28)14-7-5-13(6-8-14)21-19(26)24-18-22-16-4-2-1-3-15(16)17(23-18)25-9-11-29-12-10-25/h1-8H,9-12H2,(H2,20,27,28)(H2,21,22,23,24,26). The molecule has 1 saturated heterocycles. The van der Waals surface area contributed by atoms with Crippen LogP contribution in [0, 0.1) is 0 Å². The Morgan fingerprint density at radius 1 is 1.00 bits per heavy atom. The van der Waals surface area contributed by atoms with Gasteiger partial charge in [0.2, 0.25) is 16.0 Å². The fourth-order valence-corrected chi connectivity index (χ4v) is 3.64. The lowest BCUT2D eigenvalue weighted by Gasteiger charge is -2.28. The van der Waals surface area contributed by atoms with Crippen LogP contribution in [0.2, 0.25) is 0 Å². The number of rotatable bonds is 4. The van der Waals surface area contributed by atoms with Crippen LogP contribution in [0.1, 0.15) is 0 Å². The molecule has 1 fully saturated rings. The van der Waals surface area contributed by atoms with Gasteiger partial charge in [0, 0.05) is 24.2 Å². The second-order valence-electron chi connectivity index (χ2n) is 6.64. The molecule has 1 aliphatic rings. The molecule has 1 aliphatic heterocycles. The van der Waals surface area contributed by atoms with E-state index in [-0.39, 0.29) is 10.8 Å². The summed E-state index contributed by atoms with van der Waals surface area (Å²) in [5, 5.41) is 11.2. The van der Waals surface area contributed by atoms with Crippen LogP contribution in [0.15, 0.2) is 53.4 Å². The minimum absolute atomic E-state index is 0.0403. The van der Waals surface area contributed by atoms with E-state index in [1.165, 1.54) is 24.3 Å². The molecule has 1 aromatic heterocycles. The average Bonchev–Trinajstić information content (AvgIpc) is 2.73. The highest BCUT2D eigenvalue weighted by molar-refractivity contribution is 7.89. The number of primary sulfonamides is 1. The molecule has 3 aromatic rings. The van der Waals surface area contributed by atoms with E-state index in [4.69, 9.17) is 9.88 Å². The number of carbonyl (C=O) groups excluding carboxylic acids is 1. The van der Waals surface area contributed by atoms with Gasteiger partial charge in [0.25, 0.3) is 0 Å². The Kier molecular flexibility index (Phi) is 5.48. The fraction of sp³-hybridized carbons (Fsp3) is 0.211. The summed E-state index contributed by atoms with van der Waals surface area (Å²) in [5.41, 5.74) is 1.11. The van der Waals surface area contributed by atoms with Gasteiger partial charge >= 0.3 is 6.03 Å².